The number of aromatic carboxylic acids is 1. The molecule has 0 heterocycles. The van der Waals surface area contributed by atoms with Gasteiger partial charge < -0.3 is 9.84 Å². The average molecular weight is 343 g/mol. The van der Waals surface area contributed by atoms with E-state index in [1.54, 1.807) is 12.1 Å². The zero-order valence-electron chi connectivity index (χ0n) is 10.9. The van der Waals surface area contributed by atoms with Gasteiger partial charge in [0.2, 0.25) is 0 Å². The van der Waals surface area contributed by atoms with Crippen molar-refractivity contribution in [2.75, 3.05) is 0 Å². The Hall–Kier alpha value is -2.33. The van der Waals surface area contributed by atoms with E-state index in [2.05, 4.69) is 15.9 Å². The number of hydrogen-bond donors (Lipinski definition) is 1. The summed E-state index contributed by atoms with van der Waals surface area (Å²) in [7, 11) is 0. The summed E-state index contributed by atoms with van der Waals surface area (Å²) in [6.45, 7) is 0. The van der Waals surface area contributed by atoms with E-state index in [9.17, 15) is 9.90 Å². The van der Waals surface area contributed by atoms with Crippen molar-refractivity contribution in [2.45, 2.75) is 0 Å². The summed E-state index contributed by atoms with van der Waals surface area (Å²) >= 11 is 3.26. The van der Waals surface area contributed by atoms with E-state index < -0.39 is 5.97 Å². The number of halogens is 1. The molecule has 0 spiro atoms. The lowest BCUT2D eigenvalue weighted by molar-refractivity contribution is 0.0694. The predicted molar refractivity (Wildman–Crippen MR) is 85.1 cm³/mol. The highest BCUT2D eigenvalue weighted by Gasteiger charge is 2.12. The molecule has 4 heteroatoms. The molecule has 0 aromatic heterocycles. The van der Waals surface area contributed by atoms with Crippen molar-refractivity contribution in [1.82, 2.24) is 0 Å². The van der Waals surface area contributed by atoms with Crippen LogP contribution in [0.3, 0.4) is 0 Å². The standard InChI is InChI=1S/C17H11BrO3/c18-13-6-8-16(15(10-13)17(19)20)21-14-7-5-11-3-1-2-4-12(11)9-14/h1-10H,(H,19,20). The van der Waals surface area contributed by atoms with Crippen molar-refractivity contribution in [1.29, 1.82) is 0 Å². The Kier molecular flexibility index (Phi) is 3.62. The van der Waals surface area contributed by atoms with Gasteiger partial charge >= 0.3 is 5.97 Å². The molecule has 1 N–H and O–H groups in total. The molecule has 0 saturated heterocycles. The molecule has 0 fully saturated rings. The first-order chi connectivity index (χ1) is 10.1. The van der Waals surface area contributed by atoms with E-state index in [0.717, 1.165) is 10.8 Å². The second-order valence-corrected chi connectivity index (χ2v) is 5.47. The zero-order chi connectivity index (χ0) is 14.8. The third-order valence-electron chi connectivity index (χ3n) is 3.12. The summed E-state index contributed by atoms with van der Waals surface area (Å²) in [4.78, 5) is 11.3. The topological polar surface area (TPSA) is 46.5 Å². The summed E-state index contributed by atoms with van der Waals surface area (Å²) in [5, 5.41) is 11.4. The Morgan fingerprint density at radius 3 is 2.48 bits per heavy atom. The van der Waals surface area contributed by atoms with Crippen LogP contribution in [0.5, 0.6) is 11.5 Å². The van der Waals surface area contributed by atoms with E-state index in [1.807, 2.05) is 42.5 Å². The summed E-state index contributed by atoms with van der Waals surface area (Å²) in [6, 6.07) is 18.5. The normalized spacial score (nSPS) is 10.5. The Morgan fingerprint density at radius 1 is 0.952 bits per heavy atom. The third-order valence-corrected chi connectivity index (χ3v) is 3.61. The van der Waals surface area contributed by atoms with Crippen molar-refractivity contribution in [3.8, 4) is 11.5 Å². The van der Waals surface area contributed by atoms with E-state index in [0.29, 0.717) is 16.0 Å². The van der Waals surface area contributed by atoms with Gasteiger partial charge in [0.25, 0.3) is 0 Å². The summed E-state index contributed by atoms with van der Waals surface area (Å²) in [6.07, 6.45) is 0. The van der Waals surface area contributed by atoms with Gasteiger partial charge in [-0.1, -0.05) is 46.3 Å². The van der Waals surface area contributed by atoms with E-state index in [4.69, 9.17) is 4.74 Å². The summed E-state index contributed by atoms with van der Waals surface area (Å²) in [5.41, 5.74) is 0.123. The second kappa shape index (κ2) is 5.58. The quantitative estimate of drug-likeness (QED) is 0.720. The minimum absolute atomic E-state index is 0.123. The molecule has 104 valence electrons. The first kappa shape index (κ1) is 13.6. The second-order valence-electron chi connectivity index (χ2n) is 4.56. The van der Waals surface area contributed by atoms with Crippen molar-refractivity contribution in [3.05, 3.63) is 70.7 Å². The highest BCUT2D eigenvalue weighted by molar-refractivity contribution is 9.10. The van der Waals surface area contributed by atoms with Crippen LogP contribution in [0.1, 0.15) is 10.4 Å². The van der Waals surface area contributed by atoms with E-state index in [-0.39, 0.29) is 5.56 Å². The SMILES string of the molecule is O=C(O)c1cc(Br)ccc1Oc1ccc2ccccc2c1. The monoisotopic (exact) mass is 342 g/mol. The molecule has 0 atom stereocenters. The number of fused-ring (bicyclic) bond motifs is 1. The molecule has 3 aromatic carbocycles. The number of ether oxygens (including phenoxy) is 1. The Balaban J connectivity index is 2.00. The molecule has 3 nitrogen and oxygen atoms in total. The average Bonchev–Trinajstić information content (AvgIpc) is 2.49. The van der Waals surface area contributed by atoms with Crippen LogP contribution in [-0.2, 0) is 0 Å². The summed E-state index contributed by atoms with van der Waals surface area (Å²) in [5.74, 6) is -0.0911. The first-order valence-corrected chi connectivity index (χ1v) is 7.12. The predicted octanol–water partition coefficient (Wildman–Crippen LogP) is 5.09. The van der Waals surface area contributed by atoms with Crippen molar-refractivity contribution < 1.29 is 14.6 Å². The van der Waals surface area contributed by atoms with Crippen molar-refractivity contribution in [2.24, 2.45) is 0 Å². The van der Waals surface area contributed by atoms with Crippen LogP contribution >= 0.6 is 15.9 Å². The van der Waals surface area contributed by atoms with Crippen LogP contribution in [0.4, 0.5) is 0 Å². The van der Waals surface area contributed by atoms with Crippen LogP contribution in [-0.4, -0.2) is 11.1 Å². The van der Waals surface area contributed by atoms with Crippen LogP contribution in [0, 0.1) is 0 Å². The van der Waals surface area contributed by atoms with Gasteiger partial charge in [0.05, 0.1) is 0 Å². The highest BCUT2D eigenvalue weighted by atomic mass is 79.9. The minimum Gasteiger partial charge on any atom is -0.478 e. The smallest absolute Gasteiger partial charge is 0.339 e. The first-order valence-electron chi connectivity index (χ1n) is 6.33. The van der Waals surface area contributed by atoms with Gasteiger partial charge in [-0.2, -0.15) is 0 Å². The van der Waals surface area contributed by atoms with Crippen molar-refractivity contribution in [3.63, 3.8) is 0 Å². The van der Waals surface area contributed by atoms with Gasteiger partial charge in [-0.3, -0.25) is 0 Å². The van der Waals surface area contributed by atoms with Crippen LogP contribution in [0.25, 0.3) is 10.8 Å². The number of carboxylic acids is 1. The largest absolute Gasteiger partial charge is 0.478 e. The minimum atomic E-state index is -1.02. The summed E-state index contributed by atoms with van der Waals surface area (Å²) < 4.78 is 6.43. The zero-order valence-corrected chi connectivity index (χ0v) is 12.5. The van der Waals surface area contributed by atoms with Gasteiger partial charge in [-0.15, -0.1) is 0 Å². The lowest BCUT2D eigenvalue weighted by atomic mass is 10.1. The molecular weight excluding hydrogens is 332 g/mol. The number of carbonyl (C=O) groups is 1. The van der Waals surface area contributed by atoms with Crippen LogP contribution in [0.2, 0.25) is 0 Å². The molecule has 0 saturated carbocycles. The molecule has 0 bridgehead atoms. The molecule has 0 radical (unpaired) electrons. The molecule has 0 aliphatic heterocycles. The Morgan fingerprint density at radius 2 is 1.71 bits per heavy atom. The number of hydrogen-bond acceptors (Lipinski definition) is 2. The molecular formula is C17H11BrO3. The molecule has 0 aliphatic rings. The molecule has 3 rings (SSSR count). The number of rotatable bonds is 3. The molecule has 0 unspecified atom stereocenters. The van der Waals surface area contributed by atoms with Gasteiger partial charge in [0, 0.05) is 4.47 Å². The van der Waals surface area contributed by atoms with E-state index in [1.165, 1.54) is 6.07 Å². The lowest BCUT2D eigenvalue weighted by Crippen LogP contribution is -2.00. The van der Waals surface area contributed by atoms with Gasteiger partial charge in [-0.25, -0.2) is 4.79 Å². The fraction of sp³-hybridized carbons (Fsp3) is 0. The van der Waals surface area contributed by atoms with Gasteiger partial charge in [-0.05, 0) is 41.1 Å². The molecule has 3 aromatic rings. The maximum absolute atomic E-state index is 11.3. The lowest BCUT2D eigenvalue weighted by Gasteiger charge is -2.10. The highest BCUT2D eigenvalue weighted by Crippen LogP contribution is 2.30. The van der Waals surface area contributed by atoms with Gasteiger partial charge in [0.15, 0.2) is 0 Å². The van der Waals surface area contributed by atoms with E-state index >= 15 is 0 Å². The maximum Gasteiger partial charge on any atom is 0.339 e. The maximum atomic E-state index is 11.3. The molecule has 21 heavy (non-hydrogen) atoms. The Bertz CT molecular complexity index is 827. The third kappa shape index (κ3) is 2.90. The fourth-order valence-corrected chi connectivity index (χ4v) is 2.48. The molecule has 0 aliphatic carbocycles. The molecule has 0 amide bonds. The van der Waals surface area contributed by atoms with Crippen LogP contribution < -0.4 is 4.74 Å². The Labute approximate surface area is 129 Å². The van der Waals surface area contributed by atoms with Gasteiger partial charge in [0.1, 0.15) is 17.1 Å². The number of benzene rings is 3. The fourth-order valence-electron chi connectivity index (χ4n) is 2.12. The number of carboxylic acid groups (broad SMARTS) is 1. The van der Waals surface area contributed by atoms with Crippen molar-refractivity contribution >= 4 is 32.7 Å². The van der Waals surface area contributed by atoms with Crippen LogP contribution in [0.15, 0.2) is 65.1 Å².